The summed E-state index contributed by atoms with van der Waals surface area (Å²) in [5, 5.41) is 11.7. The predicted octanol–water partition coefficient (Wildman–Crippen LogP) is 3.49. The first kappa shape index (κ1) is 26.5. The largest absolute Gasteiger partial charge is 0.497 e. The zero-order chi connectivity index (χ0) is 28.1. The number of piperidine rings is 1. The summed E-state index contributed by atoms with van der Waals surface area (Å²) < 4.78 is 36.0. The molecule has 2 aliphatic rings. The Morgan fingerprint density at radius 1 is 1.10 bits per heavy atom. The molecule has 6 rings (SSSR count). The Bertz CT molecular complexity index is 1660. The van der Waals surface area contributed by atoms with Crippen molar-refractivity contribution in [1.29, 1.82) is 0 Å². The van der Waals surface area contributed by atoms with Crippen LogP contribution in [-0.2, 0) is 22.5 Å². The summed E-state index contributed by atoms with van der Waals surface area (Å²) in [7, 11) is -0.0739. The molecule has 0 bridgehead atoms. The van der Waals surface area contributed by atoms with Crippen LogP contribution < -0.4 is 4.74 Å². The van der Waals surface area contributed by atoms with Crippen LogP contribution in [0.1, 0.15) is 40.5 Å². The first-order valence-electron chi connectivity index (χ1n) is 13.3. The molecular weight excluding hydrogens is 528 g/mol. The molecule has 0 saturated carbocycles. The summed E-state index contributed by atoms with van der Waals surface area (Å²) in [6.07, 6.45) is 4.23. The monoisotopic (exact) mass is 560 g/mol. The Labute approximate surface area is 233 Å². The summed E-state index contributed by atoms with van der Waals surface area (Å²) in [5.41, 5.74) is 2.84. The zero-order valence-electron chi connectivity index (χ0n) is 22.5. The molecule has 1 N–H and O–H groups in total. The van der Waals surface area contributed by atoms with E-state index in [0.717, 1.165) is 22.2 Å². The molecule has 1 spiro atoms. The van der Waals surface area contributed by atoms with Gasteiger partial charge in [0.25, 0.3) is 5.91 Å². The summed E-state index contributed by atoms with van der Waals surface area (Å²) in [6, 6.07) is 17.3. The van der Waals surface area contributed by atoms with Gasteiger partial charge < -0.3 is 19.3 Å². The highest BCUT2D eigenvalue weighted by atomic mass is 32.2. The standard InChI is InChI=1S/C30H32N4O5S/c1-32-25-17-22(39-2)10-11-24(25)27-28(32)26(19-35)34(29(36)21-7-6-14-31-18-21)20-30(27)12-15-33(16-13-30)40(37,38)23-8-4-3-5-9-23/h3-11,14,17-18,26,35H,12-13,15-16,19-20H2,1-2H3/t26-/m0/s1. The highest BCUT2D eigenvalue weighted by Gasteiger charge is 2.50. The van der Waals surface area contributed by atoms with Gasteiger partial charge in [-0.05, 0) is 54.8 Å². The lowest BCUT2D eigenvalue weighted by Crippen LogP contribution is -2.56. The molecule has 1 amide bonds. The Morgan fingerprint density at radius 3 is 2.50 bits per heavy atom. The van der Waals surface area contributed by atoms with Crippen LogP contribution in [0, 0.1) is 0 Å². The lowest BCUT2D eigenvalue weighted by Gasteiger charge is -2.50. The number of sulfonamides is 1. The lowest BCUT2D eigenvalue weighted by molar-refractivity contribution is 0.0378. The quantitative estimate of drug-likeness (QED) is 0.401. The summed E-state index contributed by atoms with van der Waals surface area (Å²) in [5.74, 6) is 0.506. The van der Waals surface area contributed by atoms with E-state index >= 15 is 0 Å². The van der Waals surface area contributed by atoms with E-state index in [1.54, 1.807) is 71.2 Å². The third-order valence-corrected chi connectivity index (χ3v) is 10.5. The minimum atomic E-state index is -3.65. The number of aromatic nitrogens is 2. The maximum atomic E-state index is 13.9. The summed E-state index contributed by atoms with van der Waals surface area (Å²) in [4.78, 5) is 20.0. The van der Waals surface area contributed by atoms with Crippen molar-refractivity contribution in [2.45, 2.75) is 29.2 Å². The molecule has 10 heteroatoms. The highest BCUT2D eigenvalue weighted by Crippen LogP contribution is 2.50. The third kappa shape index (κ3) is 4.09. The van der Waals surface area contributed by atoms with E-state index in [1.807, 2.05) is 29.8 Å². The number of nitrogens with zero attached hydrogens (tertiary/aromatic N) is 4. The lowest BCUT2D eigenvalue weighted by atomic mass is 9.68. The van der Waals surface area contributed by atoms with Crippen molar-refractivity contribution in [3.05, 3.63) is 89.9 Å². The minimum absolute atomic E-state index is 0.209. The molecule has 4 heterocycles. The van der Waals surface area contributed by atoms with Crippen LogP contribution in [-0.4, -0.2) is 71.5 Å². The first-order chi connectivity index (χ1) is 19.3. The van der Waals surface area contributed by atoms with Crippen LogP contribution in [0.4, 0.5) is 0 Å². The molecule has 0 radical (unpaired) electrons. The molecule has 2 aromatic carbocycles. The molecule has 1 atom stereocenters. The van der Waals surface area contributed by atoms with Crippen LogP contribution >= 0.6 is 0 Å². The maximum Gasteiger partial charge on any atom is 0.256 e. The number of ether oxygens (including phenoxy) is 1. The second-order valence-corrected chi connectivity index (χ2v) is 12.5. The molecule has 2 aromatic heterocycles. The minimum Gasteiger partial charge on any atom is -0.497 e. The second-order valence-electron chi connectivity index (χ2n) is 10.6. The number of benzene rings is 2. The molecule has 2 aliphatic heterocycles. The molecule has 0 unspecified atom stereocenters. The van der Waals surface area contributed by atoms with Gasteiger partial charge in [-0.1, -0.05) is 18.2 Å². The fourth-order valence-electron chi connectivity index (χ4n) is 6.53. The molecular formula is C30H32N4O5S. The SMILES string of the molecule is COc1ccc2c3c(n(C)c2c1)[C@H](CO)N(C(=O)c1cccnc1)CC31CCN(S(=O)(=O)c2ccccc2)CC1. The number of hydrogen-bond donors (Lipinski definition) is 1. The van der Waals surface area contributed by atoms with Gasteiger partial charge in [-0.25, -0.2) is 8.42 Å². The zero-order valence-corrected chi connectivity index (χ0v) is 23.3. The van der Waals surface area contributed by atoms with Crippen LogP contribution in [0.15, 0.2) is 78.0 Å². The summed E-state index contributed by atoms with van der Waals surface area (Å²) >= 11 is 0. The van der Waals surface area contributed by atoms with E-state index in [9.17, 15) is 18.3 Å². The Balaban J connectivity index is 1.47. The number of methoxy groups -OCH3 is 1. The smallest absolute Gasteiger partial charge is 0.256 e. The second kappa shape index (κ2) is 10.0. The normalized spacial score (nSPS) is 19.1. The Hall–Kier alpha value is -3.73. The van der Waals surface area contributed by atoms with Gasteiger partial charge in [0.2, 0.25) is 10.0 Å². The number of carbonyl (C=O) groups is 1. The van der Waals surface area contributed by atoms with E-state index in [1.165, 1.54) is 0 Å². The average Bonchev–Trinajstić information content (AvgIpc) is 3.30. The first-order valence-corrected chi connectivity index (χ1v) is 14.8. The van der Waals surface area contributed by atoms with Gasteiger partial charge in [0.1, 0.15) is 5.75 Å². The van der Waals surface area contributed by atoms with Crippen molar-refractivity contribution in [3.63, 3.8) is 0 Å². The van der Waals surface area contributed by atoms with Gasteiger partial charge >= 0.3 is 0 Å². The van der Waals surface area contributed by atoms with E-state index in [2.05, 4.69) is 4.98 Å². The number of carbonyl (C=O) groups excluding carboxylic acids is 1. The molecule has 4 aromatic rings. The van der Waals surface area contributed by atoms with Gasteiger partial charge in [0, 0.05) is 61.6 Å². The van der Waals surface area contributed by atoms with Crippen LogP contribution in [0.5, 0.6) is 5.75 Å². The number of aliphatic hydroxyl groups is 1. The Morgan fingerprint density at radius 2 is 1.85 bits per heavy atom. The third-order valence-electron chi connectivity index (χ3n) is 8.55. The number of fused-ring (bicyclic) bond motifs is 4. The van der Waals surface area contributed by atoms with Crippen molar-refractivity contribution >= 4 is 26.8 Å². The van der Waals surface area contributed by atoms with E-state index in [-0.39, 0.29) is 17.4 Å². The van der Waals surface area contributed by atoms with E-state index < -0.39 is 21.5 Å². The van der Waals surface area contributed by atoms with Crippen molar-refractivity contribution in [2.24, 2.45) is 7.05 Å². The van der Waals surface area contributed by atoms with Crippen LogP contribution in [0.2, 0.25) is 0 Å². The van der Waals surface area contributed by atoms with Crippen molar-refractivity contribution in [2.75, 3.05) is 33.4 Å². The maximum absolute atomic E-state index is 13.9. The summed E-state index contributed by atoms with van der Waals surface area (Å²) in [6.45, 7) is 0.762. The number of aliphatic hydroxyl groups excluding tert-OH is 1. The van der Waals surface area contributed by atoms with Gasteiger partial charge in [-0.15, -0.1) is 0 Å². The number of hydrogen-bond acceptors (Lipinski definition) is 6. The Kier molecular flexibility index (Phi) is 6.64. The predicted molar refractivity (Wildman–Crippen MR) is 151 cm³/mol. The van der Waals surface area contributed by atoms with E-state index in [4.69, 9.17) is 4.74 Å². The highest BCUT2D eigenvalue weighted by molar-refractivity contribution is 7.89. The van der Waals surface area contributed by atoms with Gasteiger partial charge in [0.15, 0.2) is 0 Å². The number of aryl methyl sites for hydroxylation is 1. The van der Waals surface area contributed by atoms with Crippen molar-refractivity contribution in [3.8, 4) is 5.75 Å². The number of amides is 1. The molecule has 1 fully saturated rings. The molecule has 1 saturated heterocycles. The van der Waals surface area contributed by atoms with Crippen molar-refractivity contribution < 1.29 is 23.1 Å². The molecule has 9 nitrogen and oxygen atoms in total. The van der Waals surface area contributed by atoms with Gasteiger partial charge in [-0.2, -0.15) is 4.31 Å². The van der Waals surface area contributed by atoms with Crippen LogP contribution in [0.3, 0.4) is 0 Å². The number of rotatable bonds is 5. The van der Waals surface area contributed by atoms with Gasteiger partial charge in [-0.3, -0.25) is 9.78 Å². The van der Waals surface area contributed by atoms with Crippen molar-refractivity contribution in [1.82, 2.24) is 18.8 Å². The molecule has 208 valence electrons. The topological polar surface area (TPSA) is 105 Å². The van der Waals surface area contributed by atoms with Crippen LogP contribution in [0.25, 0.3) is 10.9 Å². The number of pyridine rings is 1. The fourth-order valence-corrected chi connectivity index (χ4v) is 7.99. The van der Waals surface area contributed by atoms with Gasteiger partial charge in [0.05, 0.1) is 35.7 Å². The fraction of sp³-hybridized carbons (Fsp3) is 0.333. The van der Waals surface area contributed by atoms with E-state index in [0.29, 0.717) is 43.8 Å². The molecule has 0 aliphatic carbocycles. The molecule has 40 heavy (non-hydrogen) atoms. The average molecular weight is 561 g/mol.